The van der Waals surface area contributed by atoms with Gasteiger partial charge in [0.2, 0.25) is 5.88 Å². The molecule has 2 heterocycles. The normalized spacial score (nSPS) is 14.9. The molecule has 1 aliphatic heterocycles. The highest BCUT2D eigenvalue weighted by atomic mass is 16.5. The second-order valence-corrected chi connectivity index (χ2v) is 6.69. The van der Waals surface area contributed by atoms with E-state index in [1.165, 1.54) is 0 Å². The number of carbonyl (C=O) groups excluding carboxylic acids is 1. The van der Waals surface area contributed by atoms with Crippen LogP contribution in [0.1, 0.15) is 18.4 Å². The first-order valence-corrected chi connectivity index (χ1v) is 9.23. The van der Waals surface area contributed by atoms with Crippen LogP contribution in [-0.2, 0) is 6.54 Å². The van der Waals surface area contributed by atoms with E-state index in [4.69, 9.17) is 4.74 Å². The van der Waals surface area contributed by atoms with Crippen molar-refractivity contribution in [1.29, 1.82) is 0 Å². The Kier molecular flexibility index (Phi) is 5.14. The molecule has 3 aromatic rings. The first-order chi connectivity index (χ1) is 13.3. The Morgan fingerprint density at radius 3 is 2.63 bits per heavy atom. The van der Waals surface area contributed by atoms with Crippen molar-refractivity contribution in [3.63, 3.8) is 0 Å². The molecule has 0 atom stereocenters. The fourth-order valence-electron chi connectivity index (χ4n) is 3.31. The van der Waals surface area contributed by atoms with Gasteiger partial charge in [-0.05, 0) is 11.6 Å². The molecule has 0 bridgehead atoms. The summed E-state index contributed by atoms with van der Waals surface area (Å²) in [7, 11) is 0. The van der Waals surface area contributed by atoms with Crippen molar-refractivity contribution in [1.82, 2.24) is 20.4 Å². The number of piperidine rings is 1. The molecule has 1 aromatic heterocycles. The number of aromatic nitrogens is 2. The van der Waals surface area contributed by atoms with Gasteiger partial charge >= 0.3 is 6.03 Å². The lowest BCUT2D eigenvalue weighted by molar-refractivity contribution is 0.108. The molecule has 6 heteroatoms. The first kappa shape index (κ1) is 17.3. The smallest absolute Gasteiger partial charge is 0.317 e. The minimum Gasteiger partial charge on any atom is -0.473 e. The van der Waals surface area contributed by atoms with Crippen molar-refractivity contribution in [3.8, 4) is 5.88 Å². The van der Waals surface area contributed by atoms with E-state index in [2.05, 4.69) is 15.5 Å². The van der Waals surface area contributed by atoms with Gasteiger partial charge < -0.3 is 15.0 Å². The average molecular weight is 362 g/mol. The first-order valence-electron chi connectivity index (χ1n) is 9.23. The number of ether oxygens (including phenoxy) is 1. The highest BCUT2D eigenvalue weighted by Gasteiger charge is 2.24. The third-order valence-corrected chi connectivity index (χ3v) is 4.83. The van der Waals surface area contributed by atoms with Crippen LogP contribution < -0.4 is 10.1 Å². The topological polar surface area (TPSA) is 67.4 Å². The zero-order valence-electron chi connectivity index (χ0n) is 15.0. The monoisotopic (exact) mass is 362 g/mol. The molecule has 4 rings (SSSR count). The number of benzene rings is 2. The lowest BCUT2D eigenvalue weighted by atomic mass is 10.1. The van der Waals surface area contributed by atoms with Crippen molar-refractivity contribution < 1.29 is 9.53 Å². The molecule has 2 amide bonds. The number of hydrogen-bond donors (Lipinski definition) is 1. The van der Waals surface area contributed by atoms with E-state index in [9.17, 15) is 4.79 Å². The number of fused-ring (bicyclic) bond motifs is 1. The maximum Gasteiger partial charge on any atom is 0.317 e. The van der Waals surface area contributed by atoms with Crippen LogP contribution in [-0.4, -0.2) is 40.3 Å². The summed E-state index contributed by atoms with van der Waals surface area (Å²) in [6, 6.07) is 17.8. The van der Waals surface area contributed by atoms with Gasteiger partial charge in [0.05, 0.1) is 6.20 Å². The van der Waals surface area contributed by atoms with Crippen molar-refractivity contribution in [2.75, 3.05) is 13.1 Å². The van der Waals surface area contributed by atoms with Gasteiger partial charge in [0, 0.05) is 43.2 Å². The molecular formula is C21H22N4O2. The number of hydrogen-bond acceptors (Lipinski definition) is 4. The number of likely N-dealkylation sites (tertiary alicyclic amines) is 1. The van der Waals surface area contributed by atoms with E-state index in [1.54, 1.807) is 6.20 Å². The van der Waals surface area contributed by atoms with Crippen LogP contribution in [0.15, 0.2) is 60.8 Å². The quantitative estimate of drug-likeness (QED) is 0.773. The zero-order valence-corrected chi connectivity index (χ0v) is 15.0. The molecule has 0 unspecified atom stereocenters. The van der Waals surface area contributed by atoms with Gasteiger partial charge in [-0.3, -0.25) is 0 Å². The predicted molar refractivity (Wildman–Crippen MR) is 103 cm³/mol. The van der Waals surface area contributed by atoms with Crippen LogP contribution in [0.25, 0.3) is 10.8 Å². The largest absolute Gasteiger partial charge is 0.473 e. The molecule has 0 spiro atoms. The van der Waals surface area contributed by atoms with Crippen molar-refractivity contribution in [2.24, 2.45) is 0 Å². The minimum atomic E-state index is -0.0257. The number of urea groups is 1. The summed E-state index contributed by atoms with van der Waals surface area (Å²) in [5.41, 5.74) is 1.10. The van der Waals surface area contributed by atoms with Gasteiger partial charge in [0.25, 0.3) is 0 Å². The lowest BCUT2D eigenvalue weighted by Crippen LogP contribution is -2.46. The van der Waals surface area contributed by atoms with Gasteiger partial charge in [0.1, 0.15) is 6.10 Å². The Hall–Kier alpha value is -3.15. The van der Waals surface area contributed by atoms with Crippen LogP contribution in [0.3, 0.4) is 0 Å². The Balaban J connectivity index is 1.30. The van der Waals surface area contributed by atoms with E-state index >= 15 is 0 Å². The molecule has 0 aliphatic carbocycles. The van der Waals surface area contributed by atoms with E-state index in [0.717, 1.165) is 29.2 Å². The van der Waals surface area contributed by atoms with Crippen LogP contribution in [0.4, 0.5) is 4.79 Å². The fraction of sp³-hybridized carbons (Fsp3) is 0.286. The molecule has 1 fully saturated rings. The summed E-state index contributed by atoms with van der Waals surface area (Å²) < 4.78 is 6.09. The molecule has 138 valence electrons. The molecule has 0 radical (unpaired) electrons. The Morgan fingerprint density at radius 1 is 1.07 bits per heavy atom. The number of nitrogens with zero attached hydrogens (tertiary/aromatic N) is 3. The molecular weight excluding hydrogens is 340 g/mol. The van der Waals surface area contributed by atoms with Gasteiger partial charge in [-0.15, -0.1) is 5.10 Å². The molecule has 1 saturated heterocycles. The molecule has 6 nitrogen and oxygen atoms in total. The van der Waals surface area contributed by atoms with Gasteiger partial charge in [-0.25, -0.2) is 4.79 Å². The molecule has 0 saturated carbocycles. The lowest BCUT2D eigenvalue weighted by Gasteiger charge is -2.32. The third-order valence-electron chi connectivity index (χ3n) is 4.83. The van der Waals surface area contributed by atoms with Gasteiger partial charge in [-0.2, -0.15) is 5.10 Å². The molecule has 2 aromatic carbocycles. The van der Waals surface area contributed by atoms with Crippen LogP contribution in [0.5, 0.6) is 5.88 Å². The van der Waals surface area contributed by atoms with E-state index < -0.39 is 0 Å². The van der Waals surface area contributed by atoms with Crippen LogP contribution in [0.2, 0.25) is 0 Å². The summed E-state index contributed by atoms with van der Waals surface area (Å²) in [5.74, 6) is 0.570. The van der Waals surface area contributed by atoms with E-state index in [0.29, 0.717) is 25.5 Å². The highest BCUT2D eigenvalue weighted by molar-refractivity contribution is 5.85. The maximum atomic E-state index is 12.4. The zero-order chi connectivity index (χ0) is 18.5. The molecule has 1 aliphatic rings. The Bertz CT molecular complexity index is 903. The molecule has 27 heavy (non-hydrogen) atoms. The third kappa shape index (κ3) is 4.16. The van der Waals surface area contributed by atoms with Gasteiger partial charge in [0.15, 0.2) is 0 Å². The van der Waals surface area contributed by atoms with Gasteiger partial charge in [-0.1, -0.05) is 48.5 Å². The second-order valence-electron chi connectivity index (χ2n) is 6.69. The minimum absolute atomic E-state index is 0.0257. The second kappa shape index (κ2) is 8.03. The summed E-state index contributed by atoms with van der Waals surface area (Å²) in [6.45, 7) is 1.88. The van der Waals surface area contributed by atoms with Crippen LogP contribution in [0, 0.1) is 0 Å². The van der Waals surface area contributed by atoms with Crippen molar-refractivity contribution in [3.05, 3.63) is 66.4 Å². The summed E-state index contributed by atoms with van der Waals surface area (Å²) in [4.78, 5) is 14.2. The number of rotatable bonds is 4. The standard InChI is InChI=1S/C21H22N4O2/c26-21(22-14-16-6-2-1-3-7-16)25-12-10-18(11-13-25)27-20-19-9-5-4-8-17(19)15-23-24-20/h1-9,15,18H,10-14H2,(H,22,26). The summed E-state index contributed by atoms with van der Waals surface area (Å²) in [5, 5.41) is 13.1. The average Bonchev–Trinajstić information content (AvgIpc) is 2.74. The number of amides is 2. The number of carbonyl (C=O) groups is 1. The van der Waals surface area contributed by atoms with E-state index in [1.807, 2.05) is 59.5 Å². The van der Waals surface area contributed by atoms with Crippen molar-refractivity contribution in [2.45, 2.75) is 25.5 Å². The summed E-state index contributed by atoms with van der Waals surface area (Å²) >= 11 is 0. The SMILES string of the molecule is O=C(NCc1ccccc1)N1CCC(Oc2nncc3ccccc23)CC1. The maximum absolute atomic E-state index is 12.4. The highest BCUT2D eigenvalue weighted by Crippen LogP contribution is 2.24. The Labute approximate surface area is 158 Å². The Morgan fingerprint density at radius 2 is 1.81 bits per heavy atom. The summed E-state index contributed by atoms with van der Waals surface area (Å²) in [6.07, 6.45) is 3.35. The predicted octanol–water partition coefficient (Wildman–Crippen LogP) is 3.38. The van der Waals surface area contributed by atoms with E-state index in [-0.39, 0.29) is 12.1 Å². The fourth-order valence-corrected chi connectivity index (χ4v) is 3.31. The molecule has 1 N–H and O–H groups in total. The van der Waals surface area contributed by atoms with Crippen molar-refractivity contribution >= 4 is 16.8 Å². The number of nitrogens with one attached hydrogen (secondary N) is 1. The van der Waals surface area contributed by atoms with Crippen LogP contribution >= 0.6 is 0 Å².